The molecule has 1 atom stereocenters. The Hall–Kier alpha value is -2.13. The van der Waals surface area contributed by atoms with Gasteiger partial charge in [0.05, 0.1) is 31.5 Å². The van der Waals surface area contributed by atoms with Crippen LogP contribution in [0.2, 0.25) is 0 Å². The molecule has 1 fully saturated rings. The Kier molecular flexibility index (Phi) is 6.98. The van der Waals surface area contributed by atoms with Gasteiger partial charge in [0.1, 0.15) is 9.88 Å². The van der Waals surface area contributed by atoms with Gasteiger partial charge in [-0.05, 0) is 33.3 Å². The number of thiophene rings is 1. The number of amides is 2. The van der Waals surface area contributed by atoms with Gasteiger partial charge in [-0.1, -0.05) is 0 Å². The second-order valence-electron chi connectivity index (χ2n) is 5.76. The molecule has 1 aliphatic heterocycles. The maximum atomic E-state index is 12.6. The summed E-state index contributed by atoms with van der Waals surface area (Å²) in [6, 6.07) is -0.345. The molecule has 9 heteroatoms. The molecule has 0 radical (unpaired) electrons. The van der Waals surface area contributed by atoms with Crippen molar-refractivity contribution in [3.63, 3.8) is 0 Å². The van der Waals surface area contributed by atoms with Gasteiger partial charge in [0.2, 0.25) is 0 Å². The lowest BCUT2D eigenvalue weighted by Gasteiger charge is -2.31. The van der Waals surface area contributed by atoms with Crippen molar-refractivity contribution in [2.45, 2.75) is 33.8 Å². The van der Waals surface area contributed by atoms with E-state index >= 15 is 0 Å². The van der Waals surface area contributed by atoms with Gasteiger partial charge in [-0.15, -0.1) is 11.3 Å². The van der Waals surface area contributed by atoms with E-state index in [1.807, 2.05) is 6.92 Å². The van der Waals surface area contributed by atoms with Crippen LogP contribution in [0.15, 0.2) is 0 Å². The van der Waals surface area contributed by atoms with Crippen LogP contribution in [0.25, 0.3) is 0 Å². The van der Waals surface area contributed by atoms with E-state index < -0.39 is 11.9 Å². The molecular weight excluding hydrogens is 360 g/mol. The highest BCUT2D eigenvalue weighted by Crippen LogP contribution is 2.34. The zero-order chi connectivity index (χ0) is 19.3. The Labute approximate surface area is 156 Å². The fourth-order valence-corrected chi connectivity index (χ4v) is 3.70. The Bertz CT molecular complexity index is 687. The van der Waals surface area contributed by atoms with Crippen molar-refractivity contribution in [3.8, 4) is 0 Å². The summed E-state index contributed by atoms with van der Waals surface area (Å²) in [5.41, 5.74) is 0.632. The Balaban J connectivity index is 2.29. The third kappa shape index (κ3) is 4.53. The number of nitrogens with one attached hydrogen (secondary N) is 1. The van der Waals surface area contributed by atoms with Crippen molar-refractivity contribution < 1.29 is 28.6 Å². The lowest BCUT2D eigenvalue weighted by atomic mass is 10.1. The third-order valence-corrected chi connectivity index (χ3v) is 5.02. The van der Waals surface area contributed by atoms with E-state index in [4.69, 9.17) is 14.2 Å². The van der Waals surface area contributed by atoms with E-state index in [0.29, 0.717) is 25.3 Å². The molecule has 2 heterocycles. The van der Waals surface area contributed by atoms with E-state index in [1.165, 1.54) is 0 Å². The second kappa shape index (κ2) is 9.00. The minimum atomic E-state index is -0.581. The first-order valence-corrected chi connectivity index (χ1v) is 9.35. The number of rotatable bonds is 5. The number of morpholine rings is 1. The second-order valence-corrected chi connectivity index (χ2v) is 6.78. The van der Waals surface area contributed by atoms with Crippen LogP contribution in [0, 0.1) is 6.92 Å². The molecule has 0 spiro atoms. The standard InChI is InChI=1S/C17H24N2O6S/c1-5-23-15(20)12-11(4)13(16(21)24-6-2)26-14(12)18-17(22)19-7-8-25-10(3)9-19/h10H,5-9H2,1-4H3,(H,18,22). The Morgan fingerprint density at radius 2 is 1.88 bits per heavy atom. The smallest absolute Gasteiger partial charge is 0.348 e. The normalized spacial score (nSPS) is 16.9. The number of hydrogen-bond donors (Lipinski definition) is 1. The highest BCUT2D eigenvalue weighted by molar-refractivity contribution is 7.18. The van der Waals surface area contributed by atoms with E-state index in [-0.39, 0.29) is 40.8 Å². The molecule has 8 nitrogen and oxygen atoms in total. The van der Waals surface area contributed by atoms with E-state index in [1.54, 1.807) is 25.7 Å². The van der Waals surface area contributed by atoms with Crippen LogP contribution >= 0.6 is 11.3 Å². The van der Waals surface area contributed by atoms with Crippen molar-refractivity contribution in [1.82, 2.24) is 4.90 Å². The molecule has 2 amide bonds. The molecule has 1 aromatic rings. The van der Waals surface area contributed by atoms with Crippen LogP contribution in [0.3, 0.4) is 0 Å². The van der Waals surface area contributed by atoms with Crippen LogP contribution in [0.5, 0.6) is 0 Å². The average molecular weight is 384 g/mol. The fraction of sp³-hybridized carbons (Fsp3) is 0.588. The number of carbonyl (C=O) groups excluding carboxylic acids is 3. The first-order valence-electron chi connectivity index (χ1n) is 8.54. The summed E-state index contributed by atoms with van der Waals surface area (Å²) in [7, 11) is 0. The zero-order valence-corrected chi connectivity index (χ0v) is 16.2. The summed E-state index contributed by atoms with van der Waals surface area (Å²) >= 11 is 1.02. The fourth-order valence-electron chi connectivity index (χ4n) is 2.62. The molecule has 0 aliphatic carbocycles. The summed E-state index contributed by atoms with van der Waals surface area (Å²) in [6.07, 6.45) is -0.0563. The molecule has 0 aromatic carbocycles. The molecule has 1 unspecified atom stereocenters. The predicted octanol–water partition coefficient (Wildman–Crippen LogP) is 2.66. The van der Waals surface area contributed by atoms with Crippen LogP contribution < -0.4 is 5.32 Å². The SMILES string of the molecule is CCOC(=O)c1sc(NC(=O)N2CCOC(C)C2)c(C(=O)OCC)c1C. The minimum absolute atomic E-state index is 0.0563. The first kappa shape index (κ1) is 20.2. The molecule has 0 bridgehead atoms. The van der Waals surface area contributed by atoms with Gasteiger partial charge in [-0.25, -0.2) is 14.4 Å². The zero-order valence-electron chi connectivity index (χ0n) is 15.4. The number of urea groups is 1. The molecule has 0 saturated carbocycles. The van der Waals surface area contributed by atoms with Gasteiger partial charge in [0.15, 0.2) is 0 Å². The maximum Gasteiger partial charge on any atom is 0.348 e. The molecule has 144 valence electrons. The number of ether oxygens (including phenoxy) is 3. The van der Waals surface area contributed by atoms with Gasteiger partial charge in [0, 0.05) is 13.1 Å². The van der Waals surface area contributed by atoms with Crippen LogP contribution in [-0.4, -0.2) is 61.9 Å². The molecule has 1 aliphatic rings. The molecule has 1 saturated heterocycles. The molecule has 2 rings (SSSR count). The van der Waals surface area contributed by atoms with E-state index in [0.717, 1.165) is 11.3 Å². The Morgan fingerprint density at radius 3 is 2.50 bits per heavy atom. The van der Waals surface area contributed by atoms with Gasteiger partial charge >= 0.3 is 18.0 Å². The quantitative estimate of drug-likeness (QED) is 0.785. The highest BCUT2D eigenvalue weighted by atomic mass is 32.1. The van der Waals surface area contributed by atoms with Crippen LogP contribution in [0.4, 0.5) is 9.80 Å². The number of anilines is 1. The van der Waals surface area contributed by atoms with Crippen molar-refractivity contribution >= 4 is 34.3 Å². The minimum Gasteiger partial charge on any atom is -0.462 e. The van der Waals surface area contributed by atoms with E-state index in [9.17, 15) is 14.4 Å². The number of nitrogens with zero attached hydrogens (tertiary/aromatic N) is 1. The van der Waals surface area contributed by atoms with Crippen molar-refractivity contribution in [1.29, 1.82) is 0 Å². The van der Waals surface area contributed by atoms with Gasteiger partial charge < -0.3 is 19.1 Å². The topological polar surface area (TPSA) is 94.2 Å². The summed E-state index contributed by atoms with van der Waals surface area (Å²) in [4.78, 5) is 38.9. The number of carbonyl (C=O) groups is 3. The summed E-state index contributed by atoms with van der Waals surface area (Å²) in [5, 5.41) is 3.02. The molecule has 1 aromatic heterocycles. The van der Waals surface area contributed by atoms with Crippen LogP contribution in [0.1, 0.15) is 46.4 Å². The predicted molar refractivity (Wildman–Crippen MR) is 97.0 cm³/mol. The van der Waals surface area contributed by atoms with Gasteiger partial charge in [0.25, 0.3) is 0 Å². The summed E-state index contributed by atoms with van der Waals surface area (Å²) in [5.74, 6) is -1.11. The molecular formula is C17H24N2O6S. The number of hydrogen-bond acceptors (Lipinski definition) is 7. The third-order valence-electron chi connectivity index (χ3n) is 3.84. The maximum absolute atomic E-state index is 12.6. The van der Waals surface area contributed by atoms with Crippen molar-refractivity contribution in [2.75, 3.05) is 38.2 Å². The van der Waals surface area contributed by atoms with Crippen molar-refractivity contribution in [2.24, 2.45) is 0 Å². The molecule has 1 N–H and O–H groups in total. The lowest BCUT2D eigenvalue weighted by molar-refractivity contribution is -0.00138. The van der Waals surface area contributed by atoms with Crippen molar-refractivity contribution in [3.05, 3.63) is 16.0 Å². The molecule has 26 heavy (non-hydrogen) atoms. The Morgan fingerprint density at radius 1 is 1.23 bits per heavy atom. The summed E-state index contributed by atoms with van der Waals surface area (Å²) < 4.78 is 15.5. The van der Waals surface area contributed by atoms with Gasteiger partial charge in [-0.3, -0.25) is 5.32 Å². The van der Waals surface area contributed by atoms with Crippen LogP contribution in [-0.2, 0) is 14.2 Å². The lowest BCUT2D eigenvalue weighted by Crippen LogP contribution is -2.46. The average Bonchev–Trinajstić information content (AvgIpc) is 2.91. The summed E-state index contributed by atoms with van der Waals surface area (Å²) in [6.45, 7) is 8.70. The van der Waals surface area contributed by atoms with Gasteiger partial charge in [-0.2, -0.15) is 0 Å². The van der Waals surface area contributed by atoms with E-state index in [2.05, 4.69) is 5.32 Å². The highest BCUT2D eigenvalue weighted by Gasteiger charge is 2.29. The largest absolute Gasteiger partial charge is 0.462 e. The monoisotopic (exact) mass is 384 g/mol. The first-order chi connectivity index (χ1) is 12.4. The number of esters is 2.